The summed E-state index contributed by atoms with van der Waals surface area (Å²) in [6.45, 7) is 0.0660. The molecule has 1 unspecified atom stereocenters. The Balaban J connectivity index is 2.06. The van der Waals surface area contributed by atoms with Gasteiger partial charge in [-0.05, 0) is 5.56 Å². The Morgan fingerprint density at radius 1 is 0.941 bits per heavy atom. The first-order valence-corrected chi connectivity index (χ1v) is 6.78. The predicted molar refractivity (Wildman–Crippen MR) is 64.9 cm³/mol. The van der Waals surface area contributed by atoms with Crippen molar-refractivity contribution in [2.75, 3.05) is 0 Å². The first-order valence-electron chi connectivity index (χ1n) is 5.23. The van der Waals surface area contributed by atoms with E-state index in [0.717, 1.165) is 5.56 Å². The molecule has 0 fully saturated rings. The molecular weight excluding hydrogens is 235 g/mol. The second-order valence-electron chi connectivity index (χ2n) is 3.59. The van der Waals surface area contributed by atoms with Gasteiger partial charge in [0.05, 0.1) is 6.61 Å². The summed E-state index contributed by atoms with van der Waals surface area (Å²) < 4.78 is 16.8. The summed E-state index contributed by atoms with van der Waals surface area (Å²) in [7, 11) is -3.96. The molecule has 17 heavy (non-hydrogen) atoms. The largest absolute Gasteiger partial charge is 0.775 e. The van der Waals surface area contributed by atoms with E-state index in [0.29, 0.717) is 0 Å². The van der Waals surface area contributed by atoms with Gasteiger partial charge in [0.2, 0.25) is 0 Å². The van der Waals surface area contributed by atoms with Crippen LogP contribution in [-0.2, 0) is 15.7 Å². The maximum Gasteiger partial charge on any atom is 0.165 e. The van der Waals surface area contributed by atoms with Crippen LogP contribution < -0.4 is 10.2 Å². The highest BCUT2D eigenvalue weighted by Crippen LogP contribution is 2.36. The monoisotopic (exact) mass is 247 g/mol. The SMILES string of the molecule is O=P([O-])(OCc1ccccc1)c1ccccc1. The minimum atomic E-state index is -3.96. The van der Waals surface area contributed by atoms with Crippen LogP contribution in [-0.4, -0.2) is 0 Å². The predicted octanol–water partition coefficient (Wildman–Crippen LogP) is 2.08. The number of hydrogen-bond donors (Lipinski definition) is 0. The Morgan fingerprint density at radius 3 is 2.06 bits per heavy atom. The second-order valence-corrected chi connectivity index (χ2v) is 5.36. The quantitative estimate of drug-likeness (QED) is 0.777. The number of hydrogen-bond acceptors (Lipinski definition) is 3. The summed E-state index contributed by atoms with van der Waals surface area (Å²) in [4.78, 5) is 11.8. The lowest BCUT2D eigenvalue weighted by Crippen LogP contribution is -2.17. The first-order chi connectivity index (χ1) is 8.18. The molecule has 3 nitrogen and oxygen atoms in total. The molecule has 0 aliphatic carbocycles. The summed E-state index contributed by atoms with van der Waals surface area (Å²) >= 11 is 0. The Bertz CT molecular complexity index is 511. The van der Waals surface area contributed by atoms with Crippen molar-refractivity contribution in [3.05, 3.63) is 66.2 Å². The van der Waals surface area contributed by atoms with Crippen molar-refractivity contribution in [2.24, 2.45) is 0 Å². The van der Waals surface area contributed by atoms with Crippen LogP contribution in [0.2, 0.25) is 0 Å². The molecule has 0 heterocycles. The van der Waals surface area contributed by atoms with Crippen LogP contribution in [0, 0.1) is 0 Å². The molecule has 0 radical (unpaired) electrons. The zero-order valence-electron chi connectivity index (χ0n) is 9.15. The number of benzene rings is 2. The fourth-order valence-corrected chi connectivity index (χ4v) is 2.42. The van der Waals surface area contributed by atoms with Crippen LogP contribution in [0.25, 0.3) is 0 Å². The Morgan fingerprint density at radius 2 is 1.47 bits per heavy atom. The minimum absolute atomic E-state index is 0.0660. The van der Waals surface area contributed by atoms with E-state index in [4.69, 9.17) is 4.52 Å². The Labute approximate surface area is 100 Å². The zero-order chi connectivity index (χ0) is 12.1. The first kappa shape index (κ1) is 12.1. The fourth-order valence-electron chi connectivity index (χ4n) is 1.42. The molecule has 0 N–H and O–H groups in total. The molecule has 0 saturated heterocycles. The normalized spacial score (nSPS) is 14.2. The lowest BCUT2D eigenvalue weighted by molar-refractivity contribution is -0.194. The van der Waals surface area contributed by atoms with Gasteiger partial charge >= 0.3 is 0 Å². The molecule has 2 aromatic carbocycles. The molecule has 4 heteroatoms. The van der Waals surface area contributed by atoms with Crippen molar-refractivity contribution in [3.63, 3.8) is 0 Å². The fraction of sp³-hybridized carbons (Fsp3) is 0.0769. The topological polar surface area (TPSA) is 49.4 Å². The average Bonchev–Trinajstić information content (AvgIpc) is 2.39. The summed E-state index contributed by atoms with van der Waals surface area (Å²) in [6.07, 6.45) is 0. The standard InChI is InChI=1S/C13H13O3P/c14-17(15,13-9-5-2-6-10-13)16-11-12-7-3-1-4-8-12/h1-10H,11H2,(H,14,15)/p-1. The molecule has 1 atom stereocenters. The molecule has 2 rings (SSSR count). The van der Waals surface area contributed by atoms with Crippen molar-refractivity contribution in [1.29, 1.82) is 0 Å². The van der Waals surface area contributed by atoms with Crippen molar-refractivity contribution < 1.29 is 14.0 Å². The third-order valence-corrected chi connectivity index (χ3v) is 3.72. The highest BCUT2D eigenvalue weighted by Gasteiger charge is 2.11. The molecule has 2 aromatic rings. The van der Waals surface area contributed by atoms with Crippen LogP contribution in [0.4, 0.5) is 0 Å². The molecule has 0 spiro atoms. The maximum atomic E-state index is 11.8. The lowest BCUT2D eigenvalue weighted by atomic mass is 10.2. The highest BCUT2D eigenvalue weighted by molar-refractivity contribution is 7.59. The van der Waals surface area contributed by atoms with Crippen LogP contribution >= 0.6 is 7.60 Å². The molecule has 88 valence electrons. The molecule has 0 aromatic heterocycles. The molecule has 0 aliphatic rings. The van der Waals surface area contributed by atoms with E-state index in [2.05, 4.69) is 0 Å². The Hall–Kier alpha value is -1.41. The molecule has 0 bridgehead atoms. The lowest BCUT2D eigenvalue weighted by Gasteiger charge is -2.23. The summed E-state index contributed by atoms with van der Waals surface area (Å²) in [6, 6.07) is 17.4. The Kier molecular flexibility index (Phi) is 3.75. The van der Waals surface area contributed by atoms with E-state index in [1.54, 1.807) is 18.2 Å². The number of rotatable bonds is 4. The van der Waals surface area contributed by atoms with Crippen molar-refractivity contribution in [3.8, 4) is 0 Å². The third kappa shape index (κ3) is 3.27. The van der Waals surface area contributed by atoms with E-state index < -0.39 is 7.60 Å². The van der Waals surface area contributed by atoms with Crippen LogP contribution in [0.1, 0.15) is 5.56 Å². The molecule has 0 aliphatic heterocycles. The van der Waals surface area contributed by atoms with E-state index in [1.165, 1.54) is 12.1 Å². The summed E-state index contributed by atoms with van der Waals surface area (Å²) in [5, 5.41) is 0.205. The van der Waals surface area contributed by atoms with E-state index in [-0.39, 0.29) is 11.9 Å². The van der Waals surface area contributed by atoms with E-state index in [1.807, 2.05) is 30.3 Å². The van der Waals surface area contributed by atoms with Crippen LogP contribution in [0.5, 0.6) is 0 Å². The van der Waals surface area contributed by atoms with Gasteiger partial charge in [-0.2, -0.15) is 0 Å². The summed E-state index contributed by atoms with van der Waals surface area (Å²) in [5.74, 6) is 0. The average molecular weight is 247 g/mol. The van der Waals surface area contributed by atoms with Crippen molar-refractivity contribution in [1.82, 2.24) is 0 Å². The zero-order valence-corrected chi connectivity index (χ0v) is 10.0. The van der Waals surface area contributed by atoms with Gasteiger partial charge in [-0.1, -0.05) is 60.7 Å². The van der Waals surface area contributed by atoms with Gasteiger partial charge in [-0.15, -0.1) is 0 Å². The van der Waals surface area contributed by atoms with E-state index >= 15 is 0 Å². The maximum absolute atomic E-state index is 11.8. The minimum Gasteiger partial charge on any atom is -0.775 e. The van der Waals surface area contributed by atoms with Gasteiger partial charge in [0.1, 0.15) is 0 Å². The molecular formula is C13H12O3P-. The highest BCUT2D eigenvalue weighted by atomic mass is 31.2. The van der Waals surface area contributed by atoms with Gasteiger partial charge < -0.3 is 14.0 Å². The van der Waals surface area contributed by atoms with Crippen LogP contribution in [0.3, 0.4) is 0 Å². The van der Waals surface area contributed by atoms with Crippen LogP contribution in [0.15, 0.2) is 60.7 Å². The second kappa shape index (κ2) is 5.28. The third-order valence-electron chi connectivity index (χ3n) is 2.32. The van der Waals surface area contributed by atoms with Gasteiger partial charge in [0, 0.05) is 5.30 Å². The van der Waals surface area contributed by atoms with Gasteiger partial charge in [-0.3, -0.25) is 0 Å². The van der Waals surface area contributed by atoms with Gasteiger partial charge in [0.15, 0.2) is 7.60 Å². The van der Waals surface area contributed by atoms with Crippen molar-refractivity contribution >= 4 is 12.9 Å². The van der Waals surface area contributed by atoms with E-state index in [9.17, 15) is 9.46 Å². The molecule has 0 saturated carbocycles. The molecule has 0 amide bonds. The summed E-state index contributed by atoms with van der Waals surface area (Å²) in [5.41, 5.74) is 0.833. The van der Waals surface area contributed by atoms with Gasteiger partial charge in [0.25, 0.3) is 0 Å². The van der Waals surface area contributed by atoms with Crippen molar-refractivity contribution in [2.45, 2.75) is 6.61 Å². The van der Waals surface area contributed by atoms with Gasteiger partial charge in [-0.25, -0.2) is 0 Å². The smallest absolute Gasteiger partial charge is 0.165 e.